The average Bonchev–Trinajstić information content (AvgIpc) is 3.30. The summed E-state index contributed by atoms with van der Waals surface area (Å²) < 4.78 is 0. The first-order valence-corrected chi connectivity index (χ1v) is 11.1. The fourth-order valence-electron chi connectivity index (χ4n) is 5.47. The molecule has 0 fully saturated rings. The summed E-state index contributed by atoms with van der Waals surface area (Å²) in [6, 6.07) is 20.4. The van der Waals surface area contributed by atoms with Crippen LogP contribution in [0.2, 0.25) is 0 Å². The molecule has 4 aromatic rings. The molecule has 0 saturated carbocycles. The number of hydrogen-bond donors (Lipinski definition) is 2. The third-order valence-corrected chi connectivity index (χ3v) is 6.67. The van der Waals surface area contributed by atoms with E-state index < -0.39 is 38.1 Å². The van der Waals surface area contributed by atoms with Gasteiger partial charge in [0.05, 0.1) is 15.3 Å². The number of rotatable bonds is 2. The van der Waals surface area contributed by atoms with Crippen molar-refractivity contribution in [2.75, 3.05) is 0 Å². The van der Waals surface area contributed by atoms with Gasteiger partial charge in [0.2, 0.25) is 0 Å². The number of hydrogen-bond acceptors (Lipinski definition) is 6. The second-order valence-corrected chi connectivity index (χ2v) is 8.13. The molecule has 4 aromatic carbocycles. The van der Waals surface area contributed by atoms with Crippen LogP contribution in [0.1, 0.15) is 36.1 Å². The van der Waals surface area contributed by atoms with Crippen LogP contribution in [-0.2, 0) is 5.41 Å². The summed E-state index contributed by atoms with van der Waals surface area (Å²) in [5.41, 5.74) is 3.77. The summed E-state index contributed by atoms with van der Waals surface area (Å²) in [7, 11) is 0. The largest absolute Gasteiger partial charge is 0.502 e. The van der Waals surface area contributed by atoms with Gasteiger partial charge in [-0.1, -0.05) is 62.4 Å². The summed E-state index contributed by atoms with van der Waals surface area (Å²) in [5.74, 6) is -0.939. The van der Waals surface area contributed by atoms with Crippen LogP contribution in [-0.4, -0.2) is 20.1 Å². The molecule has 6 rings (SSSR count). The average molecular weight is 468 g/mol. The fraction of sp³-hybridized carbons (Fsp3) is 0.111. The van der Waals surface area contributed by atoms with E-state index in [1.807, 2.05) is 62.4 Å². The minimum absolute atomic E-state index is 0.404. The lowest BCUT2D eigenvalue weighted by atomic mass is 9.70. The number of benzene rings is 4. The van der Waals surface area contributed by atoms with Crippen molar-refractivity contribution >= 4 is 11.4 Å². The highest BCUT2D eigenvalue weighted by Crippen LogP contribution is 2.64. The molecule has 0 aromatic heterocycles. The molecule has 2 N–H and O–H groups in total. The zero-order valence-corrected chi connectivity index (χ0v) is 18.9. The molecule has 0 aliphatic heterocycles. The van der Waals surface area contributed by atoms with E-state index in [1.165, 1.54) is 24.3 Å². The maximum atomic E-state index is 11.5. The van der Waals surface area contributed by atoms with Crippen LogP contribution in [0.3, 0.4) is 0 Å². The standard InChI is InChI=1S/C25H14N2O6.C2H6/c28-23-11-19-15(9-21(23)26(30)31)13-5-1-3-7-17(13)25(19)18-8-4-2-6-14(18)16-10-22(27(32)33)24(29)12-20(16)25;1-2/h1-12,28-29H;1-2H3. The van der Waals surface area contributed by atoms with Crippen LogP contribution in [0.4, 0.5) is 11.4 Å². The SMILES string of the molecule is CC.O=[N+]([O-])c1cc2c(cc1O)C1(c3ccccc3-2)c2ccccc2-c2cc([N+](=O)[O-])c(O)cc21. The predicted molar refractivity (Wildman–Crippen MR) is 131 cm³/mol. The van der Waals surface area contributed by atoms with Gasteiger partial charge in [-0.25, -0.2) is 0 Å². The Morgan fingerprint density at radius 1 is 0.600 bits per heavy atom. The van der Waals surface area contributed by atoms with E-state index in [-0.39, 0.29) is 0 Å². The minimum Gasteiger partial charge on any atom is -0.502 e. The summed E-state index contributed by atoms with van der Waals surface area (Å²) in [5, 5.41) is 44.2. The van der Waals surface area contributed by atoms with E-state index in [9.17, 15) is 30.4 Å². The first-order chi connectivity index (χ1) is 16.9. The van der Waals surface area contributed by atoms with Crippen LogP contribution in [0.25, 0.3) is 22.3 Å². The Morgan fingerprint density at radius 2 is 0.971 bits per heavy atom. The summed E-state index contributed by atoms with van der Waals surface area (Å²) in [6.45, 7) is 4.00. The molecule has 0 unspecified atom stereocenters. The maximum absolute atomic E-state index is 11.5. The zero-order valence-electron chi connectivity index (χ0n) is 18.9. The Balaban J connectivity index is 0.00000124. The number of phenolic OH excluding ortho intramolecular Hbond substituents is 2. The molecule has 174 valence electrons. The van der Waals surface area contributed by atoms with E-state index in [4.69, 9.17) is 0 Å². The van der Waals surface area contributed by atoms with Gasteiger partial charge in [-0.2, -0.15) is 0 Å². The molecule has 0 saturated heterocycles. The number of aromatic hydroxyl groups is 2. The molecule has 8 heteroatoms. The second kappa shape index (κ2) is 7.66. The fourth-order valence-corrected chi connectivity index (χ4v) is 5.47. The smallest absolute Gasteiger partial charge is 0.311 e. The number of nitrogens with zero attached hydrogens (tertiary/aromatic N) is 2. The lowest BCUT2D eigenvalue weighted by Crippen LogP contribution is -2.25. The third-order valence-electron chi connectivity index (χ3n) is 6.67. The molecule has 1 spiro atoms. The highest BCUT2D eigenvalue weighted by molar-refractivity contribution is 5.96. The van der Waals surface area contributed by atoms with Crippen LogP contribution in [0.5, 0.6) is 11.5 Å². The van der Waals surface area contributed by atoms with Crippen molar-refractivity contribution in [1.82, 2.24) is 0 Å². The van der Waals surface area contributed by atoms with Crippen molar-refractivity contribution < 1.29 is 20.1 Å². The molecule has 0 radical (unpaired) electrons. The highest BCUT2D eigenvalue weighted by Gasteiger charge is 2.53. The third kappa shape index (κ3) is 2.73. The van der Waals surface area contributed by atoms with Crippen molar-refractivity contribution in [3.8, 4) is 33.8 Å². The van der Waals surface area contributed by atoms with Crippen molar-refractivity contribution in [2.45, 2.75) is 19.3 Å². The van der Waals surface area contributed by atoms with E-state index in [1.54, 1.807) is 0 Å². The maximum Gasteiger partial charge on any atom is 0.311 e. The van der Waals surface area contributed by atoms with Crippen molar-refractivity contribution in [3.05, 3.63) is 115 Å². The molecule has 2 aliphatic rings. The first kappa shape index (κ1) is 22.1. The number of nitro groups is 2. The van der Waals surface area contributed by atoms with Crippen molar-refractivity contribution in [2.24, 2.45) is 0 Å². The minimum atomic E-state index is -1.00. The Morgan fingerprint density at radius 3 is 1.34 bits per heavy atom. The van der Waals surface area contributed by atoms with Gasteiger partial charge in [-0.3, -0.25) is 20.2 Å². The Bertz CT molecular complexity index is 1440. The number of nitro benzene ring substituents is 2. The molecule has 2 aliphatic carbocycles. The summed E-state index contributed by atoms with van der Waals surface area (Å²) in [4.78, 5) is 21.8. The van der Waals surface area contributed by atoms with Gasteiger partial charge in [-0.05, 0) is 56.6 Å². The normalized spacial score (nSPS) is 13.2. The molecule has 0 bridgehead atoms. The van der Waals surface area contributed by atoms with Crippen molar-refractivity contribution in [1.29, 1.82) is 0 Å². The number of phenols is 2. The van der Waals surface area contributed by atoms with E-state index in [0.29, 0.717) is 22.3 Å². The summed E-state index contributed by atoms with van der Waals surface area (Å²) >= 11 is 0. The molecule has 0 heterocycles. The molecule has 8 nitrogen and oxygen atoms in total. The predicted octanol–water partition coefficient (Wildman–Crippen LogP) is 6.28. The van der Waals surface area contributed by atoms with Crippen LogP contribution >= 0.6 is 0 Å². The Kier molecular flexibility index (Phi) is 4.84. The van der Waals surface area contributed by atoms with Gasteiger partial charge in [0.15, 0.2) is 11.5 Å². The van der Waals surface area contributed by atoms with E-state index >= 15 is 0 Å². The Labute approximate surface area is 200 Å². The topological polar surface area (TPSA) is 127 Å². The van der Waals surface area contributed by atoms with Crippen molar-refractivity contribution in [3.63, 3.8) is 0 Å². The highest BCUT2D eigenvalue weighted by atomic mass is 16.6. The second-order valence-electron chi connectivity index (χ2n) is 8.13. The van der Waals surface area contributed by atoms with Gasteiger partial charge < -0.3 is 10.2 Å². The van der Waals surface area contributed by atoms with E-state index in [0.717, 1.165) is 22.3 Å². The van der Waals surface area contributed by atoms with Gasteiger partial charge in [-0.15, -0.1) is 0 Å². The number of fused-ring (bicyclic) bond motifs is 10. The molecule has 35 heavy (non-hydrogen) atoms. The van der Waals surface area contributed by atoms with Crippen LogP contribution < -0.4 is 0 Å². The quantitative estimate of drug-likeness (QED) is 0.227. The summed E-state index contributed by atoms with van der Waals surface area (Å²) in [6.07, 6.45) is 0. The molecule has 0 atom stereocenters. The van der Waals surface area contributed by atoms with E-state index in [2.05, 4.69) is 0 Å². The lowest BCUT2D eigenvalue weighted by Gasteiger charge is -2.30. The lowest BCUT2D eigenvalue weighted by molar-refractivity contribution is -0.385. The van der Waals surface area contributed by atoms with Gasteiger partial charge in [0.1, 0.15) is 0 Å². The molecule has 0 amide bonds. The molecular formula is C27H20N2O6. The zero-order chi connectivity index (χ0) is 25.1. The van der Waals surface area contributed by atoms with Crippen LogP contribution in [0.15, 0.2) is 72.8 Å². The monoisotopic (exact) mass is 468 g/mol. The Hall–Kier alpha value is -4.72. The molecular weight excluding hydrogens is 448 g/mol. The van der Waals surface area contributed by atoms with Crippen LogP contribution in [0, 0.1) is 20.2 Å². The van der Waals surface area contributed by atoms with Gasteiger partial charge in [0.25, 0.3) is 0 Å². The van der Waals surface area contributed by atoms with Gasteiger partial charge >= 0.3 is 11.4 Å². The van der Waals surface area contributed by atoms with Gasteiger partial charge in [0, 0.05) is 12.1 Å². The first-order valence-electron chi connectivity index (χ1n) is 11.1.